The number of nitrogens with zero attached hydrogens (tertiary/aromatic N) is 7. The van der Waals surface area contributed by atoms with Gasteiger partial charge in [-0.25, -0.2) is 4.98 Å². The second-order valence-corrected chi connectivity index (χ2v) is 8.50. The smallest absolute Gasteiger partial charge is 0.350 e. The number of anilines is 3. The molecule has 2 aliphatic rings. The third kappa shape index (κ3) is 4.03. The highest BCUT2D eigenvalue weighted by atomic mass is 19.4. The van der Waals surface area contributed by atoms with Crippen LogP contribution < -0.4 is 15.1 Å². The van der Waals surface area contributed by atoms with Crippen molar-refractivity contribution < 1.29 is 18.0 Å². The molecule has 178 valence electrons. The first-order valence-corrected chi connectivity index (χ1v) is 10.9. The largest absolute Gasteiger partial charge is 0.433 e. The number of halogens is 3. The minimum absolute atomic E-state index is 0.0657. The molecule has 9 nitrogen and oxygen atoms in total. The molecule has 0 saturated carbocycles. The number of aromatic nitrogens is 5. The van der Waals surface area contributed by atoms with Crippen molar-refractivity contribution in [2.24, 2.45) is 0 Å². The molecule has 0 spiro atoms. The Morgan fingerprint density at radius 3 is 2.74 bits per heavy atom. The van der Waals surface area contributed by atoms with Crippen LogP contribution >= 0.6 is 0 Å². The SMILES string of the molecule is CC1C(=O)N2CCCc3nc(NCc4cnn(Cc5ccc(C(F)(F)F)nc5)c4)nc(c32)N1C. The van der Waals surface area contributed by atoms with Crippen LogP contribution in [0.3, 0.4) is 0 Å². The number of hydrogen-bond acceptors (Lipinski definition) is 7. The van der Waals surface area contributed by atoms with Gasteiger partial charge < -0.3 is 15.1 Å². The van der Waals surface area contributed by atoms with E-state index < -0.39 is 11.9 Å². The van der Waals surface area contributed by atoms with E-state index in [9.17, 15) is 18.0 Å². The van der Waals surface area contributed by atoms with Crippen molar-refractivity contribution in [2.75, 3.05) is 28.7 Å². The first-order valence-electron chi connectivity index (χ1n) is 10.9. The first kappa shape index (κ1) is 22.1. The fourth-order valence-corrected chi connectivity index (χ4v) is 4.21. The Kier molecular flexibility index (Phi) is 5.37. The minimum Gasteiger partial charge on any atom is -0.350 e. The Morgan fingerprint density at radius 2 is 2.00 bits per heavy atom. The van der Waals surface area contributed by atoms with Crippen LogP contribution in [-0.2, 0) is 30.5 Å². The summed E-state index contributed by atoms with van der Waals surface area (Å²) < 4.78 is 39.7. The molecule has 3 aromatic heterocycles. The number of nitrogens with one attached hydrogen (secondary N) is 1. The molecule has 0 saturated heterocycles. The van der Waals surface area contributed by atoms with Crippen molar-refractivity contribution in [3.8, 4) is 0 Å². The molecule has 0 fully saturated rings. The van der Waals surface area contributed by atoms with E-state index in [1.807, 2.05) is 25.1 Å². The van der Waals surface area contributed by atoms with Crippen molar-refractivity contribution in [3.05, 3.63) is 53.2 Å². The van der Waals surface area contributed by atoms with Gasteiger partial charge in [0.2, 0.25) is 11.9 Å². The van der Waals surface area contributed by atoms with E-state index in [0.717, 1.165) is 41.7 Å². The van der Waals surface area contributed by atoms with Gasteiger partial charge in [0.1, 0.15) is 17.4 Å². The minimum atomic E-state index is -4.46. The number of alkyl halides is 3. The fraction of sp³-hybridized carbons (Fsp3) is 0.409. The van der Waals surface area contributed by atoms with E-state index >= 15 is 0 Å². The molecule has 34 heavy (non-hydrogen) atoms. The van der Waals surface area contributed by atoms with Gasteiger partial charge in [0.05, 0.1) is 18.4 Å². The van der Waals surface area contributed by atoms with Crippen LogP contribution in [0.25, 0.3) is 0 Å². The fourth-order valence-electron chi connectivity index (χ4n) is 4.21. The number of amides is 1. The Bertz CT molecular complexity index is 1220. The molecule has 5 rings (SSSR count). The number of carbonyl (C=O) groups excluding carboxylic acids is 1. The third-order valence-corrected chi connectivity index (χ3v) is 6.14. The Labute approximate surface area is 193 Å². The third-order valence-electron chi connectivity index (χ3n) is 6.14. The lowest BCUT2D eigenvalue weighted by molar-refractivity contribution is -0.141. The topological polar surface area (TPSA) is 92.1 Å². The molecule has 1 N–H and O–H groups in total. The maximum absolute atomic E-state index is 12.7. The summed E-state index contributed by atoms with van der Waals surface area (Å²) in [5, 5.41) is 7.51. The van der Waals surface area contributed by atoms with E-state index in [4.69, 9.17) is 0 Å². The zero-order chi connectivity index (χ0) is 24.0. The standard InChI is InChI=1S/C22H23F3N8O/c1-13-20(34)33-7-3-4-16-18(33)19(31(13)2)30-21(29-16)27-9-15-10-28-32(12-15)11-14-5-6-17(26-8-14)22(23,24)25/h5-6,8,10,12-13H,3-4,7,9,11H2,1-2H3,(H,27,29,30). The van der Waals surface area contributed by atoms with Crippen LogP contribution in [-0.4, -0.2) is 50.3 Å². The summed E-state index contributed by atoms with van der Waals surface area (Å²) in [6.45, 7) is 3.28. The number of hydrogen-bond donors (Lipinski definition) is 1. The second kappa shape index (κ2) is 8.26. The molecular weight excluding hydrogens is 449 g/mol. The Hall–Kier alpha value is -3.70. The molecule has 0 aromatic carbocycles. The van der Waals surface area contributed by atoms with Crippen molar-refractivity contribution in [1.82, 2.24) is 24.7 Å². The highest BCUT2D eigenvalue weighted by molar-refractivity contribution is 6.05. The Balaban J connectivity index is 1.28. The van der Waals surface area contributed by atoms with Gasteiger partial charge in [0.15, 0.2) is 5.82 Å². The number of aryl methyl sites for hydroxylation is 1. The van der Waals surface area contributed by atoms with Crippen LogP contribution in [0.5, 0.6) is 0 Å². The van der Waals surface area contributed by atoms with Crippen molar-refractivity contribution in [1.29, 1.82) is 0 Å². The second-order valence-electron chi connectivity index (χ2n) is 8.50. The number of carbonyl (C=O) groups is 1. The van der Waals surface area contributed by atoms with Gasteiger partial charge in [-0.15, -0.1) is 0 Å². The molecule has 2 aliphatic heterocycles. The number of pyridine rings is 1. The van der Waals surface area contributed by atoms with Gasteiger partial charge in [0, 0.05) is 38.1 Å². The summed E-state index contributed by atoms with van der Waals surface area (Å²) in [6.07, 6.45) is 1.88. The lowest BCUT2D eigenvalue weighted by Gasteiger charge is -2.41. The zero-order valence-corrected chi connectivity index (χ0v) is 18.7. The molecular formula is C22H23F3N8O. The highest BCUT2D eigenvalue weighted by Gasteiger charge is 2.38. The van der Waals surface area contributed by atoms with Crippen LogP contribution in [0.4, 0.5) is 30.6 Å². The summed E-state index contributed by atoms with van der Waals surface area (Å²) >= 11 is 0. The molecule has 1 atom stereocenters. The van der Waals surface area contributed by atoms with Crippen LogP contribution in [0.15, 0.2) is 30.7 Å². The lowest BCUT2D eigenvalue weighted by atomic mass is 10.0. The highest BCUT2D eigenvalue weighted by Crippen LogP contribution is 2.39. The van der Waals surface area contributed by atoms with Crippen LogP contribution in [0, 0.1) is 0 Å². The van der Waals surface area contributed by atoms with Crippen molar-refractivity contribution in [2.45, 2.75) is 45.1 Å². The summed E-state index contributed by atoms with van der Waals surface area (Å²) in [4.78, 5) is 29.1. The molecule has 0 radical (unpaired) electrons. The van der Waals surface area contributed by atoms with Gasteiger partial charge in [-0.2, -0.15) is 23.3 Å². The van der Waals surface area contributed by atoms with Gasteiger partial charge >= 0.3 is 6.18 Å². The average Bonchev–Trinajstić information content (AvgIpc) is 3.26. The van der Waals surface area contributed by atoms with E-state index in [1.54, 1.807) is 15.8 Å². The van der Waals surface area contributed by atoms with Gasteiger partial charge in [0.25, 0.3) is 0 Å². The molecule has 1 amide bonds. The van der Waals surface area contributed by atoms with Crippen LogP contribution in [0.1, 0.15) is 35.9 Å². The quantitative estimate of drug-likeness (QED) is 0.611. The lowest BCUT2D eigenvalue weighted by Crippen LogP contribution is -2.53. The van der Waals surface area contributed by atoms with Gasteiger partial charge in [-0.1, -0.05) is 6.07 Å². The summed E-state index contributed by atoms with van der Waals surface area (Å²) in [6, 6.07) is 2.07. The monoisotopic (exact) mass is 472 g/mol. The van der Waals surface area contributed by atoms with Gasteiger partial charge in [-0.3, -0.25) is 14.5 Å². The maximum atomic E-state index is 12.7. The molecule has 12 heteroatoms. The van der Waals surface area contributed by atoms with E-state index in [0.29, 0.717) is 31.1 Å². The van der Waals surface area contributed by atoms with E-state index in [-0.39, 0.29) is 11.9 Å². The Morgan fingerprint density at radius 1 is 1.18 bits per heavy atom. The molecule has 0 bridgehead atoms. The average molecular weight is 472 g/mol. The summed E-state index contributed by atoms with van der Waals surface area (Å²) in [5.41, 5.74) is 2.23. The maximum Gasteiger partial charge on any atom is 0.433 e. The van der Waals surface area contributed by atoms with Crippen LogP contribution in [0.2, 0.25) is 0 Å². The van der Waals surface area contributed by atoms with E-state index in [1.165, 1.54) is 12.3 Å². The first-order chi connectivity index (χ1) is 16.2. The zero-order valence-electron chi connectivity index (χ0n) is 18.7. The predicted molar refractivity (Wildman–Crippen MR) is 118 cm³/mol. The van der Waals surface area contributed by atoms with Gasteiger partial charge in [-0.05, 0) is 31.4 Å². The molecule has 5 heterocycles. The van der Waals surface area contributed by atoms with Crippen molar-refractivity contribution in [3.63, 3.8) is 0 Å². The molecule has 3 aromatic rings. The summed E-state index contributed by atoms with van der Waals surface area (Å²) in [7, 11) is 1.86. The number of likely N-dealkylation sites (N-methyl/N-ethyl adjacent to an activating group) is 1. The predicted octanol–water partition coefficient (Wildman–Crippen LogP) is 2.86. The molecule has 1 unspecified atom stereocenters. The van der Waals surface area contributed by atoms with E-state index in [2.05, 4.69) is 25.4 Å². The molecule has 0 aliphatic carbocycles. The summed E-state index contributed by atoms with van der Waals surface area (Å²) in [5.74, 6) is 1.28. The van der Waals surface area contributed by atoms with Crippen molar-refractivity contribution >= 4 is 23.4 Å². The number of rotatable bonds is 5. The normalized spacial score (nSPS) is 17.7.